The first kappa shape index (κ1) is 24.3. The lowest BCUT2D eigenvalue weighted by Gasteiger charge is -2.30. The van der Waals surface area contributed by atoms with Crippen LogP contribution < -0.4 is 9.88 Å². The topological polar surface area (TPSA) is 99.9 Å². The Morgan fingerprint density at radius 1 is 1.09 bits per heavy atom. The van der Waals surface area contributed by atoms with Crippen LogP contribution in [0.15, 0.2) is 18.3 Å². The van der Waals surface area contributed by atoms with Crippen molar-refractivity contribution >= 4 is 23.7 Å². The zero-order valence-corrected chi connectivity index (χ0v) is 20.0. The summed E-state index contributed by atoms with van der Waals surface area (Å²) in [5.41, 5.74) is 2.97. The minimum Gasteiger partial charge on any atom is -0.356 e. The fourth-order valence-electron chi connectivity index (χ4n) is 5.45. The van der Waals surface area contributed by atoms with E-state index in [0.29, 0.717) is 17.5 Å². The molecule has 0 bridgehead atoms. The highest BCUT2D eigenvalue weighted by molar-refractivity contribution is 6.01. The van der Waals surface area contributed by atoms with Crippen molar-refractivity contribution in [2.24, 2.45) is 5.92 Å². The number of unbranched alkanes of at least 4 members (excludes halogenated alkanes) is 2. The number of rotatable bonds is 10. The molecule has 2 unspecified atom stereocenters. The van der Waals surface area contributed by atoms with E-state index >= 15 is 0 Å². The molecule has 0 spiro atoms. The van der Waals surface area contributed by atoms with Gasteiger partial charge >= 0.3 is 5.97 Å². The zero-order chi connectivity index (χ0) is 24.1. The van der Waals surface area contributed by atoms with Crippen molar-refractivity contribution in [3.05, 3.63) is 29.6 Å². The van der Waals surface area contributed by atoms with Crippen LogP contribution in [0.2, 0.25) is 0 Å². The summed E-state index contributed by atoms with van der Waals surface area (Å²) in [6.45, 7) is 2.27. The maximum Gasteiger partial charge on any atom is 0.334 e. The Labute approximate surface area is 200 Å². The number of aromatic nitrogens is 1. The van der Waals surface area contributed by atoms with E-state index in [1.54, 1.807) is 0 Å². The molecule has 4 rings (SSSR count). The van der Waals surface area contributed by atoms with Crippen LogP contribution in [-0.4, -0.2) is 53.8 Å². The Morgan fingerprint density at radius 3 is 2.68 bits per heavy atom. The quantitative estimate of drug-likeness (QED) is 0.316. The molecule has 3 aliphatic rings. The molecule has 2 fully saturated rings. The summed E-state index contributed by atoms with van der Waals surface area (Å²) in [7, 11) is 2.24. The van der Waals surface area contributed by atoms with E-state index in [1.807, 2.05) is 0 Å². The van der Waals surface area contributed by atoms with Crippen molar-refractivity contribution < 1.29 is 28.6 Å². The van der Waals surface area contributed by atoms with Crippen molar-refractivity contribution in [2.75, 3.05) is 20.1 Å². The van der Waals surface area contributed by atoms with Crippen molar-refractivity contribution in [1.29, 1.82) is 0 Å². The smallest absolute Gasteiger partial charge is 0.334 e. The highest BCUT2D eigenvalue weighted by atomic mass is 16.7. The second kappa shape index (κ2) is 11.1. The molecule has 3 heterocycles. The first-order valence-corrected chi connectivity index (χ1v) is 12.5. The van der Waals surface area contributed by atoms with E-state index in [2.05, 4.69) is 40.2 Å². The summed E-state index contributed by atoms with van der Waals surface area (Å²) in [4.78, 5) is 54.0. The van der Waals surface area contributed by atoms with Gasteiger partial charge in [0.25, 0.3) is 11.8 Å². The van der Waals surface area contributed by atoms with Crippen molar-refractivity contribution in [3.8, 4) is 0 Å². The van der Waals surface area contributed by atoms with E-state index in [4.69, 9.17) is 4.84 Å². The monoisotopic (exact) mass is 471 g/mol. The molecule has 9 heteroatoms. The van der Waals surface area contributed by atoms with Crippen LogP contribution in [0.1, 0.15) is 75.1 Å². The van der Waals surface area contributed by atoms with Gasteiger partial charge in [0, 0.05) is 56.3 Å². The summed E-state index contributed by atoms with van der Waals surface area (Å²) in [5.74, 6) is -1.04. The van der Waals surface area contributed by atoms with Crippen LogP contribution >= 0.6 is 0 Å². The third kappa shape index (κ3) is 5.63. The molecule has 2 saturated heterocycles. The van der Waals surface area contributed by atoms with Gasteiger partial charge in [-0.3, -0.25) is 19.3 Å². The van der Waals surface area contributed by atoms with Gasteiger partial charge in [-0.1, -0.05) is 0 Å². The Bertz CT molecular complexity index is 933. The Balaban J connectivity index is 1.12. The van der Waals surface area contributed by atoms with Gasteiger partial charge in [-0.05, 0) is 51.3 Å². The molecule has 0 aromatic carbocycles. The molecular weight excluding hydrogens is 436 g/mol. The normalized spacial score (nSPS) is 22.0. The lowest BCUT2D eigenvalue weighted by atomic mass is 9.82. The number of amides is 3. The molecule has 2 atom stereocenters. The third-order valence-electron chi connectivity index (χ3n) is 7.22. The number of aryl methyl sites for hydroxylation is 1. The minimum atomic E-state index is -0.706. The van der Waals surface area contributed by atoms with Gasteiger partial charge in [-0.25, -0.2) is 9.36 Å². The molecule has 2 aliphatic heterocycles. The molecule has 9 nitrogen and oxygen atoms in total. The van der Waals surface area contributed by atoms with E-state index in [0.717, 1.165) is 38.1 Å². The molecule has 0 radical (unpaired) electrons. The number of nitrogens with one attached hydrogen (secondary N) is 1. The van der Waals surface area contributed by atoms with Crippen LogP contribution in [-0.2, 0) is 37.0 Å². The standard InChI is InChI=1S/C25H34N4O5/c1-27-17-13-18-8-9-20-19(25(18)27)6-5-16-28(20)15-4-2-3-7-21(30)26-14-12-24(33)34-29-22(31)10-11-23(29)32/h5-6,16,18,25H,2-4,7-15,17H2,1H3/p+1. The van der Waals surface area contributed by atoms with Crippen molar-refractivity contribution in [3.63, 3.8) is 0 Å². The van der Waals surface area contributed by atoms with Crippen molar-refractivity contribution in [1.82, 2.24) is 15.3 Å². The average Bonchev–Trinajstić information content (AvgIpc) is 3.36. The summed E-state index contributed by atoms with van der Waals surface area (Å²) in [6, 6.07) is 5.03. The van der Waals surface area contributed by atoms with E-state index in [-0.39, 0.29) is 31.7 Å². The summed E-state index contributed by atoms with van der Waals surface area (Å²) in [6.07, 6.45) is 9.11. The van der Waals surface area contributed by atoms with Crippen LogP contribution in [0, 0.1) is 5.92 Å². The molecule has 34 heavy (non-hydrogen) atoms. The Kier molecular flexibility index (Phi) is 7.92. The van der Waals surface area contributed by atoms with Gasteiger partial charge < -0.3 is 10.2 Å². The van der Waals surface area contributed by atoms with E-state index in [9.17, 15) is 19.2 Å². The first-order chi connectivity index (χ1) is 16.4. The molecule has 1 aromatic rings. The van der Waals surface area contributed by atoms with Gasteiger partial charge in [0.15, 0.2) is 11.9 Å². The number of hydroxylamine groups is 2. The summed E-state index contributed by atoms with van der Waals surface area (Å²) >= 11 is 0. The maximum atomic E-state index is 12.0. The zero-order valence-electron chi connectivity index (χ0n) is 20.0. The molecule has 0 saturated carbocycles. The molecule has 1 N–H and O–H groups in total. The average molecular weight is 472 g/mol. The molecule has 3 amide bonds. The molecule has 1 aliphatic carbocycles. The predicted octanol–water partition coefficient (Wildman–Crippen LogP) is 1.59. The predicted molar refractivity (Wildman–Crippen MR) is 122 cm³/mol. The minimum absolute atomic E-state index is 0.0619. The number of hydrogen-bond donors (Lipinski definition) is 1. The van der Waals surface area contributed by atoms with Gasteiger partial charge in [0.2, 0.25) is 5.91 Å². The number of carbonyl (C=O) groups is 4. The van der Waals surface area contributed by atoms with Gasteiger partial charge in [0.05, 0.1) is 6.42 Å². The highest BCUT2D eigenvalue weighted by Crippen LogP contribution is 2.42. The van der Waals surface area contributed by atoms with Gasteiger partial charge in [-0.15, -0.1) is 5.06 Å². The van der Waals surface area contributed by atoms with Gasteiger partial charge in [-0.2, -0.15) is 0 Å². The number of likely N-dealkylation sites (tertiary alicyclic amines) is 1. The second-order valence-electron chi connectivity index (χ2n) is 9.57. The lowest BCUT2D eigenvalue weighted by molar-refractivity contribution is -0.705. The largest absolute Gasteiger partial charge is 0.356 e. The van der Waals surface area contributed by atoms with Crippen LogP contribution in [0.5, 0.6) is 0 Å². The summed E-state index contributed by atoms with van der Waals surface area (Å²) < 4.78 is 2.40. The van der Waals surface area contributed by atoms with Crippen LogP contribution in [0.4, 0.5) is 0 Å². The number of imide groups is 1. The number of nitrogens with zero attached hydrogens (tertiary/aromatic N) is 3. The fourth-order valence-corrected chi connectivity index (χ4v) is 5.45. The lowest BCUT2D eigenvalue weighted by Crippen LogP contribution is -2.42. The number of fused-ring (bicyclic) bond motifs is 3. The Morgan fingerprint density at radius 2 is 1.88 bits per heavy atom. The Hall–Kier alpha value is -2.81. The van der Waals surface area contributed by atoms with Gasteiger partial charge in [0.1, 0.15) is 6.54 Å². The SMILES string of the molecule is CN1CCC2CCc3c(ccc[n+]3CCCCCC(=O)NCCC(=O)ON3C(=O)CCC3=O)C21. The van der Waals surface area contributed by atoms with E-state index < -0.39 is 17.8 Å². The number of pyridine rings is 1. The van der Waals surface area contributed by atoms with Crippen molar-refractivity contribution in [2.45, 2.75) is 76.8 Å². The number of hydrogen-bond acceptors (Lipinski definition) is 6. The fraction of sp³-hybridized carbons (Fsp3) is 0.640. The highest BCUT2D eigenvalue weighted by Gasteiger charge is 2.40. The summed E-state index contributed by atoms with van der Waals surface area (Å²) in [5, 5.41) is 3.22. The third-order valence-corrected chi connectivity index (χ3v) is 7.22. The molecule has 1 aromatic heterocycles. The molecule has 184 valence electrons. The first-order valence-electron chi connectivity index (χ1n) is 12.5. The number of carbonyl (C=O) groups excluding carboxylic acids is 4. The maximum absolute atomic E-state index is 12.0. The van der Waals surface area contributed by atoms with Crippen LogP contribution in [0.3, 0.4) is 0 Å². The molecular formula is C25H35N4O5+. The van der Waals surface area contributed by atoms with E-state index in [1.165, 1.54) is 30.6 Å². The van der Waals surface area contributed by atoms with Crippen LogP contribution in [0.25, 0.3) is 0 Å². The second-order valence-corrected chi connectivity index (χ2v) is 9.57.